The zero-order chi connectivity index (χ0) is 37.0. The average molecular weight is 717 g/mol. The molecule has 4 rings (SSSR count). The Morgan fingerprint density at radius 1 is 0.308 bits per heavy atom. The first-order valence-electron chi connectivity index (χ1n) is 21.0. The van der Waals surface area contributed by atoms with Gasteiger partial charge >= 0.3 is 0 Å². The van der Waals surface area contributed by atoms with Gasteiger partial charge in [0.25, 0.3) is 0 Å². The molecule has 6 heteroatoms. The van der Waals surface area contributed by atoms with Crippen molar-refractivity contribution in [2.75, 3.05) is 26.4 Å². The van der Waals surface area contributed by atoms with Gasteiger partial charge in [-0.2, -0.15) is 0 Å². The van der Waals surface area contributed by atoms with E-state index >= 15 is 0 Å². The summed E-state index contributed by atoms with van der Waals surface area (Å²) in [6.07, 6.45) is 23.2. The molecule has 0 spiro atoms. The van der Waals surface area contributed by atoms with Gasteiger partial charge in [0.05, 0.1) is 26.4 Å². The number of unbranched alkanes of at least 4 members (excludes halogenated alkanes) is 16. The minimum atomic E-state index is -0.148. The zero-order valence-electron chi connectivity index (χ0n) is 33.0. The maximum absolute atomic E-state index is 10.7. The van der Waals surface area contributed by atoms with Crippen LogP contribution in [0.5, 0.6) is 34.5 Å². The van der Waals surface area contributed by atoms with Gasteiger partial charge in [-0.05, 0) is 94.4 Å². The van der Waals surface area contributed by atoms with E-state index in [0.29, 0.717) is 26.4 Å². The lowest BCUT2D eigenvalue weighted by Crippen LogP contribution is -2.04. The summed E-state index contributed by atoms with van der Waals surface area (Å²) in [7, 11) is 0. The van der Waals surface area contributed by atoms with Crippen molar-refractivity contribution >= 4 is 32.3 Å². The molecule has 0 bridgehead atoms. The number of ether oxygens (including phenoxy) is 4. The van der Waals surface area contributed by atoms with Crippen molar-refractivity contribution in [1.82, 2.24) is 0 Å². The predicted octanol–water partition coefficient (Wildman–Crippen LogP) is 14.0. The van der Waals surface area contributed by atoms with Gasteiger partial charge in [-0.15, -0.1) is 0 Å². The van der Waals surface area contributed by atoms with Crippen molar-refractivity contribution in [3.8, 4) is 34.5 Å². The third kappa shape index (κ3) is 12.3. The van der Waals surface area contributed by atoms with Crippen molar-refractivity contribution in [1.29, 1.82) is 0 Å². The van der Waals surface area contributed by atoms with E-state index in [-0.39, 0.29) is 11.5 Å². The van der Waals surface area contributed by atoms with E-state index in [4.69, 9.17) is 18.9 Å². The fraction of sp³-hybridized carbons (Fsp3) is 0.609. The highest BCUT2D eigenvalue weighted by atomic mass is 16.5. The number of phenols is 2. The highest BCUT2D eigenvalue weighted by Crippen LogP contribution is 2.46. The molecule has 0 amide bonds. The van der Waals surface area contributed by atoms with Gasteiger partial charge in [0, 0.05) is 0 Å². The van der Waals surface area contributed by atoms with Gasteiger partial charge in [-0.25, -0.2) is 0 Å². The SMILES string of the molecule is CCCCCCCOc1cc2c3cc(O)c(O)cc3c3cc(OCCCCCCC)c(OCCCCCCC)cc3c2cc1OCCCCCCC. The minimum Gasteiger partial charge on any atom is -0.504 e. The van der Waals surface area contributed by atoms with E-state index in [1.807, 2.05) is 0 Å². The third-order valence-corrected chi connectivity index (χ3v) is 10.2. The van der Waals surface area contributed by atoms with Crippen LogP contribution >= 0.6 is 0 Å². The fourth-order valence-corrected chi connectivity index (χ4v) is 7.04. The van der Waals surface area contributed by atoms with E-state index in [2.05, 4.69) is 52.0 Å². The summed E-state index contributed by atoms with van der Waals surface area (Å²) in [5.41, 5.74) is 0. The van der Waals surface area contributed by atoms with Crippen LogP contribution in [0.2, 0.25) is 0 Å². The van der Waals surface area contributed by atoms with E-state index in [1.54, 1.807) is 12.1 Å². The molecule has 0 aliphatic rings. The molecule has 0 saturated carbocycles. The number of fused-ring (bicyclic) bond motifs is 6. The Labute approximate surface area is 314 Å². The molecule has 0 radical (unpaired) electrons. The van der Waals surface area contributed by atoms with Gasteiger partial charge < -0.3 is 29.2 Å². The third-order valence-electron chi connectivity index (χ3n) is 10.2. The molecular formula is C46H68O6. The molecule has 2 N–H and O–H groups in total. The smallest absolute Gasteiger partial charge is 0.161 e. The molecule has 0 fully saturated rings. The van der Waals surface area contributed by atoms with E-state index < -0.39 is 0 Å². The summed E-state index contributed by atoms with van der Waals surface area (Å²) in [4.78, 5) is 0. The lowest BCUT2D eigenvalue weighted by Gasteiger charge is -2.19. The van der Waals surface area contributed by atoms with E-state index in [1.165, 1.54) is 77.0 Å². The molecule has 0 unspecified atom stereocenters. The second kappa shape index (κ2) is 23.2. The Morgan fingerprint density at radius 3 is 0.750 bits per heavy atom. The van der Waals surface area contributed by atoms with Crippen molar-refractivity contribution in [2.24, 2.45) is 0 Å². The molecule has 4 aromatic rings. The monoisotopic (exact) mass is 717 g/mol. The number of benzene rings is 4. The van der Waals surface area contributed by atoms with Crippen LogP contribution in [0.25, 0.3) is 32.3 Å². The van der Waals surface area contributed by atoms with Gasteiger partial charge in [-0.3, -0.25) is 0 Å². The fourth-order valence-electron chi connectivity index (χ4n) is 7.04. The Morgan fingerprint density at radius 2 is 0.519 bits per heavy atom. The van der Waals surface area contributed by atoms with Crippen LogP contribution in [0.3, 0.4) is 0 Å². The number of hydrogen-bond acceptors (Lipinski definition) is 6. The van der Waals surface area contributed by atoms with Crippen LogP contribution < -0.4 is 18.9 Å². The Kier molecular flexibility index (Phi) is 18.4. The van der Waals surface area contributed by atoms with Crippen LogP contribution in [0.15, 0.2) is 36.4 Å². The van der Waals surface area contributed by atoms with Gasteiger partial charge in [0.2, 0.25) is 0 Å². The standard InChI is InChI=1S/C46H68O6/c1-5-9-13-17-21-25-49-43-31-37-35-29-41(47)42(48)30-36(35)38-32-44(50-26-22-18-14-10-6-2)46(52-28-24-20-16-12-8-4)34-40(38)39(37)33-45(43)51-27-23-19-15-11-7-3/h29-34,47-48H,5-28H2,1-4H3. The zero-order valence-corrected chi connectivity index (χ0v) is 33.0. The lowest BCUT2D eigenvalue weighted by atomic mass is 9.93. The van der Waals surface area contributed by atoms with Crippen molar-refractivity contribution < 1.29 is 29.2 Å². The second-order valence-corrected chi connectivity index (χ2v) is 14.6. The number of aromatic hydroxyl groups is 2. The van der Waals surface area contributed by atoms with Gasteiger partial charge in [-0.1, -0.05) is 130 Å². The molecule has 288 valence electrons. The van der Waals surface area contributed by atoms with Crippen LogP contribution in [0.1, 0.15) is 156 Å². The molecular weight excluding hydrogens is 649 g/mol. The molecule has 0 saturated heterocycles. The normalized spacial score (nSPS) is 11.5. The minimum absolute atomic E-state index is 0.148. The average Bonchev–Trinajstić information content (AvgIpc) is 3.15. The maximum atomic E-state index is 10.7. The first-order valence-corrected chi connectivity index (χ1v) is 21.0. The lowest BCUT2D eigenvalue weighted by molar-refractivity contribution is 0.259. The largest absolute Gasteiger partial charge is 0.504 e. The first-order chi connectivity index (χ1) is 25.5. The predicted molar refractivity (Wildman–Crippen MR) is 219 cm³/mol. The molecule has 4 aromatic carbocycles. The summed E-state index contributed by atoms with van der Waals surface area (Å²) in [5, 5.41) is 27.0. The highest BCUT2D eigenvalue weighted by Gasteiger charge is 2.19. The molecule has 0 heterocycles. The molecule has 0 aromatic heterocycles. The molecule has 0 aliphatic heterocycles. The summed E-state index contributed by atoms with van der Waals surface area (Å²) < 4.78 is 26.0. The molecule has 0 aliphatic carbocycles. The number of phenolic OH excluding ortho intramolecular Hbond substituents is 2. The summed E-state index contributed by atoms with van der Waals surface area (Å²) in [6, 6.07) is 11.7. The van der Waals surface area contributed by atoms with Gasteiger partial charge in [0.15, 0.2) is 34.5 Å². The molecule has 6 nitrogen and oxygen atoms in total. The van der Waals surface area contributed by atoms with Crippen LogP contribution in [-0.4, -0.2) is 36.6 Å². The summed E-state index contributed by atoms with van der Waals surface area (Å²) in [5.74, 6) is 2.63. The van der Waals surface area contributed by atoms with Crippen molar-refractivity contribution in [3.05, 3.63) is 36.4 Å². The Hall–Kier alpha value is -3.54. The Balaban J connectivity index is 1.79. The van der Waals surface area contributed by atoms with Gasteiger partial charge in [0.1, 0.15) is 0 Å². The summed E-state index contributed by atoms with van der Waals surface area (Å²) in [6.45, 7) is 11.4. The van der Waals surface area contributed by atoms with Crippen LogP contribution in [0, 0.1) is 0 Å². The molecule has 0 atom stereocenters. The molecule has 52 heavy (non-hydrogen) atoms. The Bertz CT molecular complexity index is 1510. The van der Waals surface area contributed by atoms with Crippen molar-refractivity contribution in [3.63, 3.8) is 0 Å². The summed E-state index contributed by atoms with van der Waals surface area (Å²) >= 11 is 0. The highest BCUT2D eigenvalue weighted by molar-refractivity contribution is 6.26. The van der Waals surface area contributed by atoms with Crippen LogP contribution in [0.4, 0.5) is 0 Å². The number of hydrogen-bond donors (Lipinski definition) is 2. The quantitative estimate of drug-likeness (QED) is 0.0346. The van der Waals surface area contributed by atoms with E-state index in [9.17, 15) is 10.2 Å². The number of rotatable bonds is 28. The van der Waals surface area contributed by atoms with Crippen molar-refractivity contribution in [2.45, 2.75) is 156 Å². The van der Waals surface area contributed by atoms with E-state index in [0.717, 1.165) is 107 Å². The van der Waals surface area contributed by atoms with Crippen LogP contribution in [-0.2, 0) is 0 Å². The maximum Gasteiger partial charge on any atom is 0.161 e. The first kappa shape index (κ1) is 41.2. The second-order valence-electron chi connectivity index (χ2n) is 14.6. The topological polar surface area (TPSA) is 77.4 Å².